The number of ether oxygens (including phenoxy) is 1. The Morgan fingerprint density at radius 2 is 2.00 bits per heavy atom. The van der Waals surface area contributed by atoms with Crippen LogP contribution >= 0.6 is 0 Å². The molecular formula is C23H31N5O3. The number of fused-ring (bicyclic) bond motifs is 2. The first-order valence-electron chi connectivity index (χ1n) is 11.2. The van der Waals surface area contributed by atoms with Gasteiger partial charge in [-0.05, 0) is 30.9 Å². The third kappa shape index (κ3) is 4.08. The quantitative estimate of drug-likeness (QED) is 0.735. The molecule has 2 aromatic rings. The summed E-state index contributed by atoms with van der Waals surface area (Å²) in [5.41, 5.74) is 2.21. The number of carbonyl (C=O) groups is 2. The van der Waals surface area contributed by atoms with Crippen molar-refractivity contribution in [3.05, 3.63) is 48.0 Å². The average Bonchev–Trinajstić information content (AvgIpc) is 3.40. The predicted octanol–water partition coefficient (Wildman–Crippen LogP) is 2.21. The average molecular weight is 426 g/mol. The van der Waals surface area contributed by atoms with Gasteiger partial charge in [-0.3, -0.25) is 14.3 Å². The highest BCUT2D eigenvalue weighted by molar-refractivity contribution is 5.77. The molecule has 8 nitrogen and oxygen atoms in total. The van der Waals surface area contributed by atoms with Gasteiger partial charge < -0.3 is 15.0 Å². The predicted molar refractivity (Wildman–Crippen MR) is 115 cm³/mol. The number of piperidine rings is 1. The standard InChI is InChI=1S/C23H31N5O3/c1-3-19(29)26-21-17-7-5-6-8-18(17)23(22(21)31-4-2)10-13-27(14-11-23)20(30)9-12-28-16-24-15-25-28/h5-8,15-16,21-22H,3-4,9-14H2,1-2H3,(H,26,29)/t21-,22+/m0/s1. The third-order valence-electron chi connectivity index (χ3n) is 6.69. The molecule has 1 aromatic heterocycles. The number of hydrogen-bond donors (Lipinski definition) is 1. The van der Waals surface area contributed by atoms with Gasteiger partial charge in [-0.2, -0.15) is 5.10 Å². The van der Waals surface area contributed by atoms with E-state index in [9.17, 15) is 9.59 Å². The summed E-state index contributed by atoms with van der Waals surface area (Å²) >= 11 is 0. The number of nitrogens with one attached hydrogen (secondary N) is 1. The summed E-state index contributed by atoms with van der Waals surface area (Å²) in [5.74, 6) is 0.169. The van der Waals surface area contributed by atoms with Gasteiger partial charge in [0.05, 0.1) is 18.7 Å². The van der Waals surface area contributed by atoms with Gasteiger partial charge in [0.1, 0.15) is 12.7 Å². The van der Waals surface area contributed by atoms with E-state index < -0.39 is 0 Å². The van der Waals surface area contributed by atoms with E-state index in [1.165, 1.54) is 11.9 Å². The van der Waals surface area contributed by atoms with Gasteiger partial charge in [0.25, 0.3) is 0 Å². The Morgan fingerprint density at radius 3 is 2.68 bits per heavy atom. The second-order valence-electron chi connectivity index (χ2n) is 8.31. The maximum Gasteiger partial charge on any atom is 0.224 e. The molecule has 31 heavy (non-hydrogen) atoms. The number of aryl methyl sites for hydroxylation is 1. The van der Waals surface area contributed by atoms with Gasteiger partial charge in [0.2, 0.25) is 11.8 Å². The van der Waals surface area contributed by atoms with E-state index in [4.69, 9.17) is 4.74 Å². The zero-order chi connectivity index (χ0) is 21.8. The van der Waals surface area contributed by atoms with E-state index in [0.29, 0.717) is 39.1 Å². The van der Waals surface area contributed by atoms with Crippen LogP contribution in [0.4, 0.5) is 0 Å². The summed E-state index contributed by atoms with van der Waals surface area (Å²) in [6.07, 6.45) is 5.48. The van der Waals surface area contributed by atoms with Gasteiger partial charge >= 0.3 is 0 Å². The number of likely N-dealkylation sites (tertiary alicyclic amines) is 1. The van der Waals surface area contributed by atoms with Gasteiger partial charge in [-0.15, -0.1) is 0 Å². The lowest BCUT2D eigenvalue weighted by Gasteiger charge is -2.44. The monoisotopic (exact) mass is 425 g/mol. The summed E-state index contributed by atoms with van der Waals surface area (Å²) in [6.45, 7) is 6.35. The van der Waals surface area contributed by atoms with Gasteiger partial charge in [-0.25, -0.2) is 4.98 Å². The summed E-state index contributed by atoms with van der Waals surface area (Å²) in [4.78, 5) is 30.9. The third-order valence-corrected chi connectivity index (χ3v) is 6.69. The molecule has 0 unspecified atom stereocenters. The number of carbonyl (C=O) groups excluding carboxylic acids is 2. The van der Waals surface area contributed by atoms with Crippen molar-refractivity contribution < 1.29 is 14.3 Å². The van der Waals surface area contributed by atoms with E-state index in [2.05, 4.69) is 33.6 Å². The first kappa shape index (κ1) is 21.5. The van der Waals surface area contributed by atoms with Crippen LogP contribution in [0, 0.1) is 0 Å². The van der Waals surface area contributed by atoms with E-state index >= 15 is 0 Å². The Hall–Kier alpha value is -2.74. The highest BCUT2D eigenvalue weighted by Gasteiger charge is 2.54. The number of benzene rings is 1. The fraction of sp³-hybridized carbons (Fsp3) is 0.565. The molecule has 1 N–H and O–H groups in total. The molecule has 1 aliphatic carbocycles. The van der Waals surface area contributed by atoms with E-state index in [1.807, 2.05) is 24.8 Å². The molecule has 1 fully saturated rings. The molecule has 2 aliphatic rings. The number of amides is 2. The molecule has 0 bridgehead atoms. The van der Waals surface area contributed by atoms with Crippen LogP contribution in [0.5, 0.6) is 0 Å². The molecule has 2 atom stereocenters. The van der Waals surface area contributed by atoms with Crippen molar-refractivity contribution in [3.63, 3.8) is 0 Å². The normalized spacial score (nSPS) is 21.8. The molecule has 2 heterocycles. The van der Waals surface area contributed by atoms with Crippen molar-refractivity contribution in [1.82, 2.24) is 25.0 Å². The van der Waals surface area contributed by atoms with E-state index in [1.54, 1.807) is 11.0 Å². The summed E-state index contributed by atoms with van der Waals surface area (Å²) in [6, 6.07) is 8.20. The lowest BCUT2D eigenvalue weighted by Crippen LogP contribution is -2.52. The lowest BCUT2D eigenvalue weighted by molar-refractivity contribution is -0.134. The van der Waals surface area contributed by atoms with Crippen LogP contribution in [0.2, 0.25) is 0 Å². The molecule has 0 radical (unpaired) electrons. The molecule has 1 aliphatic heterocycles. The number of hydrogen-bond acceptors (Lipinski definition) is 5. The van der Waals surface area contributed by atoms with Gasteiger partial charge in [-0.1, -0.05) is 31.2 Å². The topological polar surface area (TPSA) is 89.4 Å². The summed E-state index contributed by atoms with van der Waals surface area (Å²) in [7, 11) is 0. The number of aromatic nitrogens is 3. The minimum absolute atomic E-state index is 0.0299. The smallest absolute Gasteiger partial charge is 0.224 e. The first-order chi connectivity index (χ1) is 15.1. The largest absolute Gasteiger partial charge is 0.375 e. The molecular weight excluding hydrogens is 394 g/mol. The maximum absolute atomic E-state index is 12.8. The molecule has 1 spiro atoms. The zero-order valence-electron chi connectivity index (χ0n) is 18.3. The first-order valence-corrected chi connectivity index (χ1v) is 11.2. The van der Waals surface area contributed by atoms with Crippen molar-refractivity contribution >= 4 is 11.8 Å². The van der Waals surface area contributed by atoms with Gasteiger partial charge in [0.15, 0.2) is 0 Å². The Kier molecular flexibility index (Phi) is 6.36. The van der Waals surface area contributed by atoms with Crippen LogP contribution in [0.15, 0.2) is 36.9 Å². The fourth-order valence-electron chi connectivity index (χ4n) is 5.15. The number of rotatable bonds is 7. The summed E-state index contributed by atoms with van der Waals surface area (Å²) in [5, 5.41) is 7.27. The fourth-order valence-corrected chi connectivity index (χ4v) is 5.15. The Balaban J connectivity index is 1.52. The number of nitrogens with zero attached hydrogens (tertiary/aromatic N) is 4. The van der Waals surface area contributed by atoms with E-state index in [-0.39, 0.29) is 29.4 Å². The second-order valence-corrected chi connectivity index (χ2v) is 8.31. The molecule has 4 rings (SSSR count). The lowest BCUT2D eigenvalue weighted by atomic mass is 9.71. The van der Waals surface area contributed by atoms with Crippen LogP contribution in [0.1, 0.15) is 56.7 Å². The van der Waals surface area contributed by atoms with Crippen LogP contribution in [-0.2, 0) is 26.3 Å². The van der Waals surface area contributed by atoms with E-state index in [0.717, 1.165) is 18.4 Å². The molecule has 0 saturated carbocycles. The summed E-state index contributed by atoms with van der Waals surface area (Å²) < 4.78 is 7.98. The van der Waals surface area contributed by atoms with Crippen molar-refractivity contribution in [2.45, 2.75) is 63.6 Å². The molecule has 2 amide bonds. The SMILES string of the molecule is CCO[C@@H]1[C@@H](NC(=O)CC)c2ccccc2C12CCN(C(=O)CCn1cncn1)CC2. The Labute approximate surface area is 183 Å². The van der Waals surface area contributed by atoms with Crippen molar-refractivity contribution in [2.75, 3.05) is 19.7 Å². The minimum Gasteiger partial charge on any atom is -0.375 e. The van der Waals surface area contributed by atoms with Crippen molar-refractivity contribution in [3.8, 4) is 0 Å². The van der Waals surface area contributed by atoms with Crippen LogP contribution in [-0.4, -0.2) is 57.3 Å². The van der Waals surface area contributed by atoms with Crippen LogP contribution in [0.3, 0.4) is 0 Å². The second kappa shape index (κ2) is 9.18. The Morgan fingerprint density at radius 1 is 1.23 bits per heavy atom. The van der Waals surface area contributed by atoms with Crippen molar-refractivity contribution in [1.29, 1.82) is 0 Å². The maximum atomic E-state index is 12.8. The van der Waals surface area contributed by atoms with Gasteiger partial charge in [0, 0.05) is 38.0 Å². The molecule has 166 valence electrons. The Bertz CT molecular complexity index is 906. The molecule has 1 aromatic carbocycles. The zero-order valence-corrected chi connectivity index (χ0v) is 18.3. The van der Waals surface area contributed by atoms with Crippen LogP contribution < -0.4 is 5.32 Å². The highest BCUT2D eigenvalue weighted by Crippen LogP contribution is 2.52. The van der Waals surface area contributed by atoms with Crippen molar-refractivity contribution in [2.24, 2.45) is 0 Å². The van der Waals surface area contributed by atoms with Crippen LogP contribution in [0.25, 0.3) is 0 Å². The molecule has 8 heteroatoms. The highest BCUT2D eigenvalue weighted by atomic mass is 16.5. The minimum atomic E-state index is -0.193. The molecule has 1 saturated heterocycles.